The van der Waals surface area contributed by atoms with Crippen molar-refractivity contribution in [3.05, 3.63) is 18.2 Å². The molecule has 3 rings (SSSR count). The molecule has 0 spiro atoms. The molecule has 2 aliphatic rings. The first-order chi connectivity index (χ1) is 32.2. The Morgan fingerprint density at radius 3 is 1.87 bits per heavy atom. The van der Waals surface area contributed by atoms with Gasteiger partial charge in [0.1, 0.15) is 42.3 Å². The largest absolute Gasteiger partial charge is 0.480 e. The molecular weight excluding hydrogens is 907 g/mol. The number of carboxylic acids is 1. The molecule has 0 aromatic carbocycles. The van der Waals surface area contributed by atoms with Gasteiger partial charge in [-0.25, -0.2) is 9.78 Å². The number of hydrogen-bond donors (Lipinski definition) is 12. The number of amides is 9. The standard InChI is InChI=1S/C43H71N13O11S/c1-23(2)17-29(43(66)67)54-39(62)32-11-8-16-56(32)41(64)26(9-5-6-14-44)51-37(60)30(21-68)50-34(58)20-48-38(61)31-10-7-15-55(31)42(65)27(12-13-33(45)57)52-36(59)28(18-25-19-47-22-49-25)53-40(63)35(46)24(3)4/h19,22-24,26-32,35,68H,5-18,20-21,44,46H2,1-4H3,(H2,45,57)(H,47,49)(H,48,61)(H,50,58)(H,51,60)(H,52,59)(H,53,63)(H,54,62)(H,66,67)/t26-,27-,28-,29-,30-,31-,32-,35-/m0/s1. The van der Waals surface area contributed by atoms with E-state index < -0.39 is 114 Å². The summed E-state index contributed by atoms with van der Waals surface area (Å²) in [6.07, 6.45) is 4.92. The number of H-pyrrole nitrogens is 1. The number of rotatable bonds is 28. The predicted molar refractivity (Wildman–Crippen MR) is 250 cm³/mol. The second kappa shape index (κ2) is 27.9. The summed E-state index contributed by atoms with van der Waals surface area (Å²) >= 11 is 4.23. The highest BCUT2D eigenvalue weighted by Crippen LogP contribution is 2.22. The first kappa shape index (κ1) is 56.5. The van der Waals surface area contributed by atoms with Crippen LogP contribution in [-0.4, -0.2) is 164 Å². The molecular formula is C43H71N13O11S. The summed E-state index contributed by atoms with van der Waals surface area (Å²) in [6, 6.07) is -9.11. The van der Waals surface area contributed by atoms with Gasteiger partial charge in [-0.1, -0.05) is 27.7 Å². The smallest absolute Gasteiger partial charge is 0.326 e. The number of primary amides is 1. The van der Waals surface area contributed by atoms with E-state index in [1.165, 1.54) is 22.3 Å². The van der Waals surface area contributed by atoms with E-state index in [2.05, 4.69) is 54.5 Å². The second-order valence-electron chi connectivity index (χ2n) is 18.0. The maximum Gasteiger partial charge on any atom is 0.326 e. The summed E-state index contributed by atoms with van der Waals surface area (Å²) < 4.78 is 0. The lowest BCUT2D eigenvalue weighted by Crippen LogP contribution is -2.59. The van der Waals surface area contributed by atoms with Gasteiger partial charge in [0, 0.05) is 43.6 Å². The molecule has 0 bridgehead atoms. The number of aromatic amines is 1. The quantitative estimate of drug-likeness (QED) is 0.0293. The number of likely N-dealkylation sites (tertiary alicyclic amines) is 2. The van der Waals surface area contributed by atoms with Gasteiger partial charge in [0.2, 0.25) is 53.2 Å². The molecule has 1 aromatic rings. The lowest BCUT2D eigenvalue weighted by molar-refractivity contribution is -0.145. The number of nitrogens with zero attached hydrogens (tertiary/aromatic N) is 3. The van der Waals surface area contributed by atoms with Crippen molar-refractivity contribution in [1.29, 1.82) is 0 Å². The molecule has 24 nitrogen and oxygen atoms in total. The van der Waals surface area contributed by atoms with Crippen molar-refractivity contribution < 1.29 is 53.1 Å². The van der Waals surface area contributed by atoms with Gasteiger partial charge in [-0.05, 0) is 76.2 Å². The van der Waals surface area contributed by atoms with E-state index in [1.807, 2.05) is 13.8 Å². The average Bonchev–Trinajstić information content (AvgIpc) is 4.10. The van der Waals surface area contributed by atoms with Crippen LogP contribution in [0.4, 0.5) is 0 Å². The molecule has 1 aromatic heterocycles. The van der Waals surface area contributed by atoms with Crippen LogP contribution in [0.5, 0.6) is 0 Å². The minimum atomic E-state index is -1.35. The molecule has 9 amide bonds. The van der Waals surface area contributed by atoms with Gasteiger partial charge in [-0.2, -0.15) is 12.6 Å². The molecule has 380 valence electrons. The molecule has 0 saturated carbocycles. The molecule has 68 heavy (non-hydrogen) atoms. The van der Waals surface area contributed by atoms with Crippen molar-refractivity contribution >= 4 is 71.8 Å². The monoisotopic (exact) mass is 978 g/mol. The number of carbonyl (C=O) groups is 10. The fraction of sp³-hybridized carbons (Fsp3) is 0.698. The number of imidazole rings is 1. The van der Waals surface area contributed by atoms with Crippen LogP contribution in [0.15, 0.2) is 12.5 Å². The fourth-order valence-corrected chi connectivity index (χ4v) is 8.18. The summed E-state index contributed by atoms with van der Waals surface area (Å²) in [5.74, 6) is -7.96. The van der Waals surface area contributed by atoms with E-state index in [0.717, 1.165) is 0 Å². The normalized spacial score (nSPS) is 18.4. The first-order valence-electron chi connectivity index (χ1n) is 23.1. The molecule has 2 fully saturated rings. The lowest BCUT2D eigenvalue weighted by Gasteiger charge is -2.30. The van der Waals surface area contributed by atoms with Gasteiger partial charge < -0.3 is 69.0 Å². The molecule has 14 N–H and O–H groups in total. The number of carbonyl (C=O) groups excluding carboxylic acids is 9. The van der Waals surface area contributed by atoms with E-state index >= 15 is 0 Å². The summed E-state index contributed by atoms with van der Waals surface area (Å²) in [6.45, 7) is 7.11. The maximum atomic E-state index is 14.1. The van der Waals surface area contributed by atoms with Crippen LogP contribution in [0.1, 0.15) is 97.6 Å². The lowest BCUT2D eigenvalue weighted by atomic mass is 10.0. The van der Waals surface area contributed by atoms with Gasteiger partial charge in [0.05, 0.1) is 18.9 Å². The van der Waals surface area contributed by atoms with Gasteiger partial charge in [0.15, 0.2) is 0 Å². The van der Waals surface area contributed by atoms with Crippen molar-refractivity contribution in [1.82, 2.24) is 51.7 Å². The Morgan fingerprint density at radius 2 is 1.35 bits per heavy atom. The number of unbranched alkanes of at least 4 members (excludes halogenated alkanes) is 1. The van der Waals surface area contributed by atoms with Crippen molar-refractivity contribution in [2.75, 3.05) is 31.9 Å². The maximum absolute atomic E-state index is 14.1. The van der Waals surface area contributed by atoms with E-state index in [9.17, 15) is 53.1 Å². The van der Waals surface area contributed by atoms with Crippen molar-refractivity contribution in [3.8, 4) is 0 Å². The van der Waals surface area contributed by atoms with Crippen molar-refractivity contribution in [2.24, 2.45) is 29.0 Å². The molecule has 0 radical (unpaired) electrons. The Kier molecular flexibility index (Phi) is 23.1. The van der Waals surface area contributed by atoms with Crippen LogP contribution >= 0.6 is 12.6 Å². The number of aromatic nitrogens is 2. The zero-order chi connectivity index (χ0) is 50.7. The third-order valence-electron chi connectivity index (χ3n) is 11.7. The zero-order valence-corrected chi connectivity index (χ0v) is 40.2. The molecule has 0 unspecified atom stereocenters. The number of hydrogen-bond acceptors (Lipinski definition) is 14. The van der Waals surface area contributed by atoms with Crippen LogP contribution in [0.25, 0.3) is 0 Å². The minimum absolute atomic E-state index is 0.0234. The molecule has 25 heteroatoms. The number of nitrogens with one attached hydrogen (secondary N) is 7. The minimum Gasteiger partial charge on any atom is -0.480 e. The van der Waals surface area contributed by atoms with Gasteiger partial charge in [-0.3, -0.25) is 43.2 Å². The molecule has 0 aliphatic carbocycles. The molecule has 2 aliphatic heterocycles. The Bertz CT molecular complexity index is 1920. The second-order valence-corrected chi connectivity index (χ2v) is 18.3. The molecule has 8 atom stereocenters. The van der Waals surface area contributed by atoms with Crippen LogP contribution in [0.3, 0.4) is 0 Å². The van der Waals surface area contributed by atoms with Crippen LogP contribution in [-0.2, 0) is 54.4 Å². The summed E-state index contributed by atoms with van der Waals surface area (Å²) in [7, 11) is 0. The van der Waals surface area contributed by atoms with E-state index in [0.29, 0.717) is 44.3 Å². The van der Waals surface area contributed by atoms with Crippen molar-refractivity contribution in [3.63, 3.8) is 0 Å². The highest BCUT2D eigenvalue weighted by Gasteiger charge is 2.41. The first-order valence-corrected chi connectivity index (χ1v) is 23.8. The summed E-state index contributed by atoms with van der Waals surface area (Å²) in [5, 5.41) is 25.1. The number of aliphatic carboxylic acids is 1. The summed E-state index contributed by atoms with van der Waals surface area (Å²) in [4.78, 5) is 141. The van der Waals surface area contributed by atoms with Crippen LogP contribution in [0, 0.1) is 11.8 Å². The highest BCUT2D eigenvalue weighted by atomic mass is 32.1. The molecule has 3 heterocycles. The third-order valence-corrected chi connectivity index (χ3v) is 12.1. The molecule has 2 saturated heterocycles. The SMILES string of the molecule is CC(C)C[C@H](NC(=O)[C@@H]1CCCN1C(=O)[C@H](CCCCN)NC(=O)[C@H](CS)NC(=O)CNC(=O)[C@@H]1CCCN1C(=O)[C@H](CCC(N)=O)NC(=O)[C@H](Cc1cnc[nH]1)NC(=O)[C@@H](N)C(C)C)C(=O)O. The topological polar surface area (TPSA) is 376 Å². The van der Waals surface area contributed by atoms with Gasteiger partial charge in [-0.15, -0.1) is 0 Å². The summed E-state index contributed by atoms with van der Waals surface area (Å²) in [5.41, 5.74) is 17.6. The van der Waals surface area contributed by atoms with Gasteiger partial charge in [0.25, 0.3) is 0 Å². The van der Waals surface area contributed by atoms with Crippen molar-refractivity contribution in [2.45, 2.75) is 147 Å². The predicted octanol–water partition coefficient (Wildman–Crippen LogP) is -3.09. The van der Waals surface area contributed by atoms with Gasteiger partial charge >= 0.3 is 5.97 Å². The average molecular weight is 978 g/mol. The van der Waals surface area contributed by atoms with E-state index in [-0.39, 0.29) is 69.2 Å². The third kappa shape index (κ3) is 17.4. The zero-order valence-electron chi connectivity index (χ0n) is 39.3. The van der Waals surface area contributed by atoms with Crippen LogP contribution in [0.2, 0.25) is 0 Å². The van der Waals surface area contributed by atoms with E-state index in [4.69, 9.17) is 17.2 Å². The Balaban J connectivity index is 1.67. The van der Waals surface area contributed by atoms with E-state index in [1.54, 1.807) is 13.8 Å². The highest BCUT2D eigenvalue weighted by molar-refractivity contribution is 7.80. The fourth-order valence-electron chi connectivity index (χ4n) is 7.93. The van der Waals surface area contributed by atoms with Crippen LogP contribution < -0.4 is 49.1 Å². The number of nitrogens with two attached hydrogens (primary N) is 3. The number of carboxylic acid groups (broad SMARTS) is 1. The Morgan fingerprint density at radius 1 is 0.779 bits per heavy atom. The Hall–Kier alpha value is -5.82. The Labute approximate surface area is 401 Å². The number of thiol groups is 1.